The molecule has 152 valence electrons. The lowest BCUT2D eigenvalue weighted by atomic mass is 10.1. The minimum Gasteiger partial charge on any atom is -0.352 e. The highest BCUT2D eigenvalue weighted by atomic mass is 32.2. The number of hydrogen-bond acceptors (Lipinski definition) is 5. The predicted octanol–water partition coefficient (Wildman–Crippen LogP) is 2.03. The second-order valence-corrected chi connectivity index (χ2v) is 8.18. The summed E-state index contributed by atoms with van der Waals surface area (Å²) in [4.78, 5) is 17.1. The number of carbonyl (C=O) groups is 1. The fraction of sp³-hybridized carbons (Fsp3) is 0.200. The molecule has 0 fully saturated rings. The molecular formula is C20H22N4O4S. The molecule has 0 bridgehead atoms. The molecule has 3 rings (SSSR count). The van der Waals surface area contributed by atoms with Crippen LogP contribution in [0.3, 0.4) is 0 Å². The van der Waals surface area contributed by atoms with E-state index in [9.17, 15) is 13.2 Å². The van der Waals surface area contributed by atoms with Crippen molar-refractivity contribution in [2.24, 2.45) is 0 Å². The van der Waals surface area contributed by atoms with Crippen molar-refractivity contribution in [3.63, 3.8) is 0 Å². The summed E-state index contributed by atoms with van der Waals surface area (Å²) in [6.45, 7) is 0.425. The maximum Gasteiger partial charge on any atom is 0.264 e. The molecule has 0 atom stereocenters. The van der Waals surface area contributed by atoms with Gasteiger partial charge in [-0.25, -0.2) is 13.1 Å². The van der Waals surface area contributed by atoms with E-state index in [-0.39, 0.29) is 16.4 Å². The first-order valence-electron chi connectivity index (χ1n) is 8.92. The minimum atomic E-state index is -3.81. The quantitative estimate of drug-likeness (QED) is 0.569. The molecular weight excluding hydrogens is 392 g/mol. The van der Waals surface area contributed by atoms with Crippen LogP contribution in [0.5, 0.6) is 0 Å². The fourth-order valence-electron chi connectivity index (χ4n) is 2.70. The molecule has 0 saturated carbocycles. The largest absolute Gasteiger partial charge is 0.352 e. The van der Waals surface area contributed by atoms with E-state index in [1.807, 2.05) is 36.5 Å². The van der Waals surface area contributed by atoms with E-state index in [1.54, 1.807) is 16.9 Å². The molecule has 0 aliphatic carbocycles. The molecule has 0 unspecified atom stereocenters. The van der Waals surface area contributed by atoms with E-state index < -0.39 is 10.0 Å². The number of aromatic nitrogens is 2. The van der Waals surface area contributed by atoms with Crippen molar-refractivity contribution < 1.29 is 18.0 Å². The van der Waals surface area contributed by atoms with Crippen LogP contribution in [-0.2, 0) is 21.3 Å². The van der Waals surface area contributed by atoms with Gasteiger partial charge in [0.05, 0.1) is 17.7 Å². The Morgan fingerprint density at radius 2 is 1.93 bits per heavy atom. The van der Waals surface area contributed by atoms with Gasteiger partial charge in [0.1, 0.15) is 0 Å². The van der Waals surface area contributed by atoms with Crippen LogP contribution >= 0.6 is 0 Å². The summed E-state index contributed by atoms with van der Waals surface area (Å²) in [6, 6.07) is 15.6. The van der Waals surface area contributed by atoms with Crippen molar-refractivity contribution in [1.82, 2.24) is 19.6 Å². The van der Waals surface area contributed by atoms with Gasteiger partial charge < -0.3 is 5.32 Å². The standard InChI is InChI=1S/C20H22N4O4S/c1-23(28-2)29(26,27)19-6-3-5-17(15-19)20(25)21-13-11-16-7-9-18(10-8-16)24-14-4-12-22-24/h3-10,12,14-15H,11,13H2,1-2H3,(H,21,25). The van der Waals surface area contributed by atoms with Crippen molar-refractivity contribution in [1.29, 1.82) is 0 Å². The van der Waals surface area contributed by atoms with Crippen LogP contribution in [0, 0.1) is 0 Å². The molecule has 0 saturated heterocycles. The predicted molar refractivity (Wildman–Crippen MR) is 108 cm³/mol. The Labute approximate surface area is 169 Å². The SMILES string of the molecule is CON(C)S(=O)(=O)c1cccc(C(=O)NCCc2ccc(-n3cccn3)cc2)c1. The molecule has 1 amide bonds. The zero-order valence-corrected chi connectivity index (χ0v) is 17.0. The van der Waals surface area contributed by atoms with Gasteiger partial charge in [0, 0.05) is 31.5 Å². The van der Waals surface area contributed by atoms with Crippen LogP contribution in [0.2, 0.25) is 0 Å². The van der Waals surface area contributed by atoms with Crippen molar-refractivity contribution in [3.05, 3.63) is 78.1 Å². The summed E-state index contributed by atoms with van der Waals surface area (Å²) in [5.74, 6) is -0.338. The monoisotopic (exact) mass is 414 g/mol. The Morgan fingerprint density at radius 1 is 1.17 bits per heavy atom. The second-order valence-electron chi connectivity index (χ2n) is 6.25. The molecule has 8 nitrogen and oxygen atoms in total. The number of carbonyl (C=O) groups excluding carboxylic acids is 1. The van der Waals surface area contributed by atoms with Crippen molar-refractivity contribution in [2.75, 3.05) is 20.7 Å². The number of hydroxylamine groups is 1. The lowest BCUT2D eigenvalue weighted by Gasteiger charge is -2.14. The van der Waals surface area contributed by atoms with Crippen molar-refractivity contribution in [2.45, 2.75) is 11.3 Å². The van der Waals surface area contributed by atoms with E-state index in [1.165, 1.54) is 32.4 Å². The summed E-state index contributed by atoms with van der Waals surface area (Å²) in [7, 11) is -1.26. The van der Waals surface area contributed by atoms with E-state index >= 15 is 0 Å². The number of benzene rings is 2. The number of rotatable bonds is 8. The minimum absolute atomic E-state index is 0.0105. The van der Waals surface area contributed by atoms with Crippen molar-refractivity contribution >= 4 is 15.9 Å². The summed E-state index contributed by atoms with van der Waals surface area (Å²) in [5, 5.41) is 7.00. The van der Waals surface area contributed by atoms with Gasteiger partial charge in [-0.3, -0.25) is 9.63 Å². The highest BCUT2D eigenvalue weighted by Crippen LogP contribution is 2.16. The average Bonchev–Trinajstić information content (AvgIpc) is 3.28. The van der Waals surface area contributed by atoms with Crippen LogP contribution in [0.4, 0.5) is 0 Å². The van der Waals surface area contributed by atoms with E-state index in [2.05, 4.69) is 10.4 Å². The zero-order chi connectivity index (χ0) is 20.9. The molecule has 1 heterocycles. The number of nitrogens with one attached hydrogen (secondary N) is 1. The molecule has 1 N–H and O–H groups in total. The second kappa shape index (κ2) is 8.99. The highest BCUT2D eigenvalue weighted by molar-refractivity contribution is 7.89. The molecule has 3 aromatic rings. The average molecular weight is 414 g/mol. The summed E-state index contributed by atoms with van der Waals surface area (Å²) in [6.07, 6.45) is 4.24. The molecule has 0 spiro atoms. The van der Waals surface area contributed by atoms with Crippen LogP contribution in [-0.4, -0.2) is 49.3 Å². The molecule has 0 aliphatic rings. The number of amides is 1. The van der Waals surface area contributed by atoms with Gasteiger partial charge in [-0.2, -0.15) is 5.10 Å². The van der Waals surface area contributed by atoms with Crippen molar-refractivity contribution in [3.8, 4) is 5.69 Å². The Morgan fingerprint density at radius 3 is 2.59 bits per heavy atom. The molecule has 2 aromatic carbocycles. The lowest BCUT2D eigenvalue weighted by molar-refractivity contribution is -0.0258. The third-order valence-corrected chi connectivity index (χ3v) is 6.07. The first-order chi connectivity index (χ1) is 13.9. The third-order valence-electron chi connectivity index (χ3n) is 4.39. The fourth-order valence-corrected chi connectivity index (χ4v) is 3.72. The summed E-state index contributed by atoms with van der Waals surface area (Å²) < 4.78 is 27.1. The normalized spacial score (nSPS) is 11.6. The number of hydrogen-bond donors (Lipinski definition) is 1. The van der Waals surface area contributed by atoms with Crippen LogP contribution in [0.25, 0.3) is 5.69 Å². The summed E-state index contributed by atoms with van der Waals surface area (Å²) >= 11 is 0. The lowest BCUT2D eigenvalue weighted by Crippen LogP contribution is -2.27. The molecule has 0 radical (unpaired) electrons. The first kappa shape index (κ1) is 20.7. The van der Waals surface area contributed by atoms with Gasteiger partial charge in [-0.15, -0.1) is 0 Å². The van der Waals surface area contributed by atoms with Crippen LogP contribution < -0.4 is 5.32 Å². The maximum atomic E-state index is 12.4. The summed E-state index contributed by atoms with van der Waals surface area (Å²) in [5.41, 5.74) is 2.30. The van der Waals surface area contributed by atoms with Gasteiger partial charge >= 0.3 is 0 Å². The van der Waals surface area contributed by atoms with Gasteiger partial charge in [-0.1, -0.05) is 22.7 Å². The molecule has 9 heteroatoms. The Kier molecular flexibility index (Phi) is 6.42. The first-order valence-corrected chi connectivity index (χ1v) is 10.4. The van der Waals surface area contributed by atoms with E-state index in [0.29, 0.717) is 13.0 Å². The van der Waals surface area contributed by atoms with Crippen LogP contribution in [0.15, 0.2) is 71.9 Å². The Hall–Kier alpha value is -3.01. The van der Waals surface area contributed by atoms with E-state index in [4.69, 9.17) is 4.84 Å². The number of nitrogens with zero attached hydrogens (tertiary/aromatic N) is 3. The highest BCUT2D eigenvalue weighted by Gasteiger charge is 2.21. The van der Waals surface area contributed by atoms with Gasteiger partial charge in [-0.05, 0) is 48.4 Å². The third kappa shape index (κ3) is 4.89. The van der Waals surface area contributed by atoms with Crippen LogP contribution in [0.1, 0.15) is 15.9 Å². The van der Waals surface area contributed by atoms with Gasteiger partial charge in [0.15, 0.2) is 0 Å². The maximum absolute atomic E-state index is 12.4. The topological polar surface area (TPSA) is 93.5 Å². The smallest absolute Gasteiger partial charge is 0.264 e. The Bertz CT molecular complexity index is 1060. The zero-order valence-electron chi connectivity index (χ0n) is 16.1. The molecule has 0 aliphatic heterocycles. The Balaban J connectivity index is 1.59. The van der Waals surface area contributed by atoms with Gasteiger partial charge in [0.25, 0.3) is 15.9 Å². The van der Waals surface area contributed by atoms with Gasteiger partial charge in [0.2, 0.25) is 0 Å². The molecule has 29 heavy (non-hydrogen) atoms. The number of sulfonamides is 1. The van der Waals surface area contributed by atoms with E-state index in [0.717, 1.165) is 15.7 Å². The molecule has 1 aromatic heterocycles.